The highest BCUT2D eigenvalue weighted by atomic mass is 16.6. The van der Waals surface area contributed by atoms with Gasteiger partial charge in [0.15, 0.2) is 0 Å². The lowest BCUT2D eigenvalue weighted by Crippen LogP contribution is -2.46. The van der Waals surface area contributed by atoms with Gasteiger partial charge >= 0.3 is 12.1 Å². The molecule has 2 fully saturated rings. The highest BCUT2D eigenvalue weighted by Crippen LogP contribution is 2.48. The summed E-state index contributed by atoms with van der Waals surface area (Å²) < 4.78 is 11.6. The zero-order valence-electron chi connectivity index (χ0n) is 19.1. The molecule has 2 aliphatic rings. The van der Waals surface area contributed by atoms with Crippen molar-refractivity contribution in [3.63, 3.8) is 0 Å². The lowest BCUT2D eigenvalue weighted by Gasteiger charge is -2.35. The van der Waals surface area contributed by atoms with Gasteiger partial charge in [-0.15, -0.1) is 0 Å². The Bertz CT molecular complexity index is 795. The van der Waals surface area contributed by atoms with Crippen molar-refractivity contribution in [2.75, 3.05) is 0 Å². The molecule has 1 aromatic rings. The molecule has 0 radical (unpaired) electrons. The van der Waals surface area contributed by atoms with E-state index in [0.717, 1.165) is 17.6 Å². The molecule has 0 aliphatic carbocycles. The molecule has 5 atom stereocenters. The third-order valence-electron chi connectivity index (χ3n) is 6.22. The van der Waals surface area contributed by atoms with Gasteiger partial charge in [0, 0.05) is 6.42 Å². The number of carbonyl (C=O) groups excluding carboxylic acids is 2. The summed E-state index contributed by atoms with van der Waals surface area (Å²) in [5.41, 5.74) is 1.29. The molecule has 0 bridgehead atoms. The number of nitrogens with zero attached hydrogens (tertiary/aromatic N) is 1. The maximum atomic E-state index is 13.4. The zero-order valence-corrected chi connectivity index (χ0v) is 19.1. The predicted octanol–water partition coefficient (Wildman–Crippen LogP) is 5.52. The summed E-state index contributed by atoms with van der Waals surface area (Å²) in [6, 6.07) is 9.78. The Hall–Kier alpha value is -2.30. The number of hydrogen-bond acceptors (Lipinski definition) is 4. The Balaban J connectivity index is 2.01. The van der Waals surface area contributed by atoms with Crippen LogP contribution in [0.5, 0.6) is 0 Å². The summed E-state index contributed by atoms with van der Waals surface area (Å²) in [5.74, 6) is 0.0661. The monoisotopic (exact) mass is 413 g/mol. The van der Waals surface area contributed by atoms with E-state index in [9.17, 15) is 9.59 Å². The van der Waals surface area contributed by atoms with Crippen molar-refractivity contribution in [3.05, 3.63) is 48.0 Å². The number of cyclic esters (lactones) is 1. The number of benzene rings is 1. The normalized spacial score (nSPS) is 29.2. The molecule has 0 spiro atoms. The minimum atomic E-state index is -0.606. The number of esters is 1. The minimum Gasteiger partial charge on any atom is -0.460 e. The third-order valence-corrected chi connectivity index (χ3v) is 6.22. The second kappa shape index (κ2) is 8.44. The Labute approximate surface area is 180 Å². The fourth-order valence-electron chi connectivity index (χ4n) is 4.77. The first-order chi connectivity index (χ1) is 14.0. The largest absolute Gasteiger partial charge is 0.460 e. The van der Waals surface area contributed by atoms with Gasteiger partial charge in [-0.05, 0) is 51.5 Å². The first-order valence-electron chi connectivity index (χ1n) is 10.9. The summed E-state index contributed by atoms with van der Waals surface area (Å²) in [6.45, 7) is 15.8. The quantitative estimate of drug-likeness (QED) is 0.482. The standard InChI is InChI=1S/C25H35NO4/c1-15(2)18-13-20(21-14-19(16(3)4)23(27)29-21)26(24(28)30-25(5,6)7)22(18)17-11-9-8-10-12-17/h8-12,15,18-22H,3,13-14H2,1-2,4-7H3/t18-,19-,20-,21-,22-/m0/s1. The van der Waals surface area contributed by atoms with E-state index in [0.29, 0.717) is 12.3 Å². The van der Waals surface area contributed by atoms with E-state index in [1.165, 1.54) is 0 Å². The molecule has 3 rings (SSSR count). The lowest BCUT2D eigenvalue weighted by atomic mass is 9.83. The Kier molecular flexibility index (Phi) is 6.30. The van der Waals surface area contributed by atoms with Crippen molar-refractivity contribution in [3.8, 4) is 0 Å². The van der Waals surface area contributed by atoms with Crippen LogP contribution in [0.25, 0.3) is 0 Å². The fourth-order valence-corrected chi connectivity index (χ4v) is 4.77. The van der Waals surface area contributed by atoms with Gasteiger partial charge in [-0.25, -0.2) is 4.79 Å². The van der Waals surface area contributed by atoms with Crippen LogP contribution in [0.3, 0.4) is 0 Å². The lowest BCUT2D eigenvalue weighted by molar-refractivity contribution is -0.145. The molecule has 1 aromatic carbocycles. The molecule has 2 saturated heterocycles. The van der Waals surface area contributed by atoms with Crippen molar-refractivity contribution < 1.29 is 19.1 Å². The Morgan fingerprint density at radius 2 is 1.83 bits per heavy atom. The molecule has 2 aliphatic heterocycles. The van der Waals surface area contributed by atoms with E-state index in [2.05, 4.69) is 32.6 Å². The van der Waals surface area contributed by atoms with Crippen LogP contribution >= 0.6 is 0 Å². The second-order valence-corrected chi connectivity index (χ2v) is 10.1. The van der Waals surface area contributed by atoms with E-state index < -0.39 is 5.60 Å². The fraction of sp³-hybridized carbons (Fsp3) is 0.600. The van der Waals surface area contributed by atoms with Crippen LogP contribution in [0, 0.1) is 17.8 Å². The molecular formula is C25H35NO4. The molecule has 1 amide bonds. The molecule has 164 valence electrons. The molecule has 0 unspecified atom stereocenters. The maximum Gasteiger partial charge on any atom is 0.411 e. The highest BCUT2D eigenvalue weighted by molar-refractivity contribution is 5.78. The Morgan fingerprint density at radius 1 is 1.20 bits per heavy atom. The van der Waals surface area contributed by atoms with Crippen LogP contribution in [0.1, 0.15) is 66.0 Å². The number of rotatable bonds is 4. The number of likely N-dealkylation sites (tertiary alicyclic amines) is 1. The van der Waals surface area contributed by atoms with Crippen LogP contribution in [0.15, 0.2) is 42.5 Å². The average Bonchev–Trinajstić information content (AvgIpc) is 3.22. The second-order valence-electron chi connectivity index (χ2n) is 10.1. The number of ether oxygens (including phenoxy) is 2. The summed E-state index contributed by atoms with van der Waals surface area (Å²) >= 11 is 0. The molecule has 0 saturated carbocycles. The number of carbonyl (C=O) groups is 2. The Morgan fingerprint density at radius 3 is 2.33 bits per heavy atom. The van der Waals surface area contributed by atoms with Crippen molar-refractivity contribution in [1.29, 1.82) is 0 Å². The van der Waals surface area contributed by atoms with Crippen LogP contribution in [0.2, 0.25) is 0 Å². The van der Waals surface area contributed by atoms with Crippen molar-refractivity contribution >= 4 is 12.1 Å². The smallest absolute Gasteiger partial charge is 0.411 e. The molecule has 30 heavy (non-hydrogen) atoms. The van der Waals surface area contributed by atoms with E-state index in [-0.39, 0.29) is 42.1 Å². The predicted molar refractivity (Wildman–Crippen MR) is 117 cm³/mol. The van der Waals surface area contributed by atoms with Crippen molar-refractivity contribution in [2.45, 2.75) is 78.2 Å². The topological polar surface area (TPSA) is 55.8 Å². The van der Waals surface area contributed by atoms with Crippen LogP contribution in [0.4, 0.5) is 4.79 Å². The van der Waals surface area contributed by atoms with Gasteiger partial charge in [0.05, 0.1) is 18.0 Å². The number of amides is 1. The van der Waals surface area contributed by atoms with Crippen LogP contribution in [-0.2, 0) is 14.3 Å². The molecule has 5 heteroatoms. The molecule has 0 N–H and O–H groups in total. The van der Waals surface area contributed by atoms with Gasteiger partial charge in [0.1, 0.15) is 11.7 Å². The molecule has 0 aromatic heterocycles. The van der Waals surface area contributed by atoms with Crippen LogP contribution in [-0.4, -0.2) is 34.7 Å². The van der Waals surface area contributed by atoms with Gasteiger partial charge in [-0.2, -0.15) is 0 Å². The van der Waals surface area contributed by atoms with Gasteiger partial charge < -0.3 is 9.47 Å². The average molecular weight is 414 g/mol. The summed E-state index contributed by atoms with van der Waals surface area (Å²) in [4.78, 5) is 27.7. The first-order valence-corrected chi connectivity index (χ1v) is 10.9. The van der Waals surface area contributed by atoms with Gasteiger partial charge in [-0.3, -0.25) is 9.69 Å². The first kappa shape index (κ1) is 22.4. The highest BCUT2D eigenvalue weighted by Gasteiger charge is 2.53. The summed E-state index contributed by atoms with van der Waals surface area (Å²) in [5, 5.41) is 0. The van der Waals surface area contributed by atoms with Gasteiger partial charge in [-0.1, -0.05) is 56.3 Å². The molecule has 2 heterocycles. The van der Waals surface area contributed by atoms with E-state index >= 15 is 0 Å². The van der Waals surface area contributed by atoms with Crippen molar-refractivity contribution in [1.82, 2.24) is 4.90 Å². The van der Waals surface area contributed by atoms with E-state index in [1.807, 2.05) is 50.8 Å². The third kappa shape index (κ3) is 4.55. The maximum absolute atomic E-state index is 13.4. The van der Waals surface area contributed by atoms with Crippen LogP contribution < -0.4 is 0 Å². The summed E-state index contributed by atoms with van der Waals surface area (Å²) in [7, 11) is 0. The van der Waals surface area contributed by atoms with Gasteiger partial charge in [0.25, 0.3) is 0 Å². The van der Waals surface area contributed by atoms with E-state index in [4.69, 9.17) is 9.47 Å². The van der Waals surface area contributed by atoms with Gasteiger partial charge in [0.2, 0.25) is 0 Å². The SMILES string of the molecule is C=C(C)[C@@H]1C[C@@H]([C@@H]2C[C@@H](C(C)C)[C@H](c3ccccc3)N2C(=O)OC(C)(C)C)OC1=O. The minimum absolute atomic E-state index is 0.117. The number of hydrogen-bond donors (Lipinski definition) is 0. The van der Waals surface area contributed by atoms with Crippen molar-refractivity contribution in [2.24, 2.45) is 17.8 Å². The zero-order chi connectivity index (χ0) is 22.2. The molecule has 5 nitrogen and oxygen atoms in total. The molecular weight excluding hydrogens is 378 g/mol. The summed E-state index contributed by atoms with van der Waals surface area (Å²) in [6.07, 6.45) is 0.642. The van der Waals surface area contributed by atoms with E-state index in [1.54, 1.807) is 0 Å².